The lowest BCUT2D eigenvalue weighted by Crippen LogP contribution is -2.38. The molecule has 0 fully saturated rings. The molecular formula is C17H28O2. The SMILES string of the molecule is CCC(C)(CC)C(=O)OC(C)(C)C1=CCC(C)C=C1. The zero-order valence-electron chi connectivity index (χ0n) is 13.2. The van der Waals surface area contributed by atoms with Crippen molar-refractivity contribution in [2.75, 3.05) is 0 Å². The lowest BCUT2D eigenvalue weighted by molar-refractivity contribution is -0.165. The van der Waals surface area contributed by atoms with Gasteiger partial charge in [-0.05, 0) is 51.5 Å². The minimum Gasteiger partial charge on any atom is -0.454 e. The molecule has 0 aromatic carbocycles. The van der Waals surface area contributed by atoms with Gasteiger partial charge in [-0.3, -0.25) is 4.79 Å². The Morgan fingerprint density at radius 3 is 2.32 bits per heavy atom. The summed E-state index contributed by atoms with van der Waals surface area (Å²) in [5.41, 5.74) is 0.191. The molecule has 1 rings (SSSR count). The molecule has 0 aromatic heterocycles. The smallest absolute Gasteiger partial charge is 0.312 e. The Balaban J connectivity index is 2.80. The van der Waals surface area contributed by atoms with Gasteiger partial charge in [0.2, 0.25) is 0 Å². The molecule has 0 saturated heterocycles. The molecule has 1 aliphatic carbocycles. The summed E-state index contributed by atoms with van der Waals surface area (Å²) in [7, 11) is 0. The molecule has 19 heavy (non-hydrogen) atoms. The summed E-state index contributed by atoms with van der Waals surface area (Å²) < 4.78 is 5.80. The summed E-state index contributed by atoms with van der Waals surface area (Å²) in [4.78, 5) is 12.4. The van der Waals surface area contributed by atoms with Gasteiger partial charge in [-0.25, -0.2) is 0 Å². The van der Waals surface area contributed by atoms with Gasteiger partial charge in [0, 0.05) is 0 Å². The number of esters is 1. The molecular weight excluding hydrogens is 236 g/mol. The van der Waals surface area contributed by atoms with Gasteiger partial charge < -0.3 is 4.74 Å². The first kappa shape index (κ1) is 16.0. The van der Waals surface area contributed by atoms with E-state index < -0.39 is 5.60 Å². The second-order valence-corrected chi connectivity index (χ2v) is 6.40. The number of hydrogen-bond donors (Lipinski definition) is 0. The Morgan fingerprint density at radius 1 is 1.32 bits per heavy atom. The van der Waals surface area contributed by atoms with E-state index in [9.17, 15) is 4.79 Å². The Labute approximate surface area is 117 Å². The summed E-state index contributed by atoms with van der Waals surface area (Å²) in [5.74, 6) is 0.488. The maximum Gasteiger partial charge on any atom is 0.312 e. The summed E-state index contributed by atoms with van der Waals surface area (Å²) >= 11 is 0. The van der Waals surface area contributed by atoms with E-state index in [1.807, 2.05) is 34.6 Å². The third-order valence-electron chi connectivity index (χ3n) is 4.41. The maximum atomic E-state index is 12.4. The first-order valence-electron chi connectivity index (χ1n) is 7.37. The predicted molar refractivity (Wildman–Crippen MR) is 79.9 cm³/mol. The molecule has 0 aliphatic heterocycles. The van der Waals surface area contributed by atoms with E-state index in [2.05, 4.69) is 25.2 Å². The number of ether oxygens (including phenoxy) is 1. The van der Waals surface area contributed by atoms with E-state index >= 15 is 0 Å². The van der Waals surface area contributed by atoms with Crippen molar-refractivity contribution in [3.63, 3.8) is 0 Å². The molecule has 0 heterocycles. The third-order valence-corrected chi connectivity index (χ3v) is 4.41. The number of carbonyl (C=O) groups excluding carboxylic acids is 1. The summed E-state index contributed by atoms with van der Waals surface area (Å²) in [6, 6.07) is 0. The van der Waals surface area contributed by atoms with Crippen LogP contribution in [-0.4, -0.2) is 11.6 Å². The van der Waals surface area contributed by atoms with Crippen molar-refractivity contribution in [3.05, 3.63) is 23.8 Å². The molecule has 2 heteroatoms. The van der Waals surface area contributed by atoms with Gasteiger partial charge in [0.15, 0.2) is 0 Å². The monoisotopic (exact) mass is 264 g/mol. The van der Waals surface area contributed by atoms with Crippen molar-refractivity contribution < 1.29 is 9.53 Å². The highest BCUT2D eigenvalue weighted by molar-refractivity contribution is 5.77. The standard InChI is InChI=1S/C17H28O2/c1-7-17(6,8-2)15(18)19-16(4,5)14-11-9-13(3)10-12-14/h9,11-13H,7-8,10H2,1-6H3. The highest BCUT2D eigenvalue weighted by Crippen LogP contribution is 2.33. The van der Waals surface area contributed by atoms with Crippen LogP contribution < -0.4 is 0 Å². The molecule has 0 bridgehead atoms. The minimum absolute atomic E-state index is 0.0876. The third kappa shape index (κ3) is 3.71. The van der Waals surface area contributed by atoms with Crippen molar-refractivity contribution in [2.24, 2.45) is 11.3 Å². The normalized spacial score (nSPS) is 20.1. The fraction of sp³-hybridized carbons (Fsp3) is 0.706. The average Bonchev–Trinajstić information content (AvgIpc) is 2.37. The van der Waals surface area contributed by atoms with Gasteiger partial charge in [-0.15, -0.1) is 0 Å². The Hall–Kier alpha value is -1.05. The van der Waals surface area contributed by atoms with E-state index in [1.54, 1.807) is 0 Å². The maximum absolute atomic E-state index is 12.4. The van der Waals surface area contributed by atoms with Crippen molar-refractivity contribution in [1.29, 1.82) is 0 Å². The molecule has 0 saturated carbocycles. The fourth-order valence-corrected chi connectivity index (χ4v) is 2.13. The van der Waals surface area contributed by atoms with Crippen LogP contribution in [0.3, 0.4) is 0 Å². The van der Waals surface area contributed by atoms with Crippen LogP contribution in [0, 0.1) is 11.3 Å². The molecule has 1 aliphatic rings. The average molecular weight is 264 g/mol. The van der Waals surface area contributed by atoms with Crippen molar-refractivity contribution in [3.8, 4) is 0 Å². The number of hydrogen-bond acceptors (Lipinski definition) is 2. The van der Waals surface area contributed by atoms with Gasteiger partial charge in [-0.1, -0.05) is 39.0 Å². The molecule has 0 aromatic rings. The molecule has 0 spiro atoms. The highest BCUT2D eigenvalue weighted by atomic mass is 16.6. The number of carbonyl (C=O) groups is 1. The Morgan fingerprint density at radius 2 is 1.89 bits per heavy atom. The van der Waals surface area contributed by atoms with Crippen LogP contribution in [0.25, 0.3) is 0 Å². The molecule has 2 nitrogen and oxygen atoms in total. The van der Waals surface area contributed by atoms with E-state index in [0.717, 1.165) is 24.8 Å². The van der Waals surface area contributed by atoms with Crippen LogP contribution in [-0.2, 0) is 9.53 Å². The predicted octanol–water partition coefficient (Wildman–Crippen LogP) is 4.66. The Bertz CT molecular complexity index is 384. The molecule has 0 amide bonds. The van der Waals surface area contributed by atoms with Gasteiger partial charge in [-0.2, -0.15) is 0 Å². The first-order chi connectivity index (χ1) is 8.75. The van der Waals surface area contributed by atoms with Gasteiger partial charge in [0.25, 0.3) is 0 Å². The molecule has 108 valence electrons. The fourth-order valence-electron chi connectivity index (χ4n) is 2.13. The van der Waals surface area contributed by atoms with Gasteiger partial charge >= 0.3 is 5.97 Å². The van der Waals surface area contributed by atoms with Crippen molar-refractivity contribution in [1.82, 2.24) is 0 Å². The van der Waals surface area contributed by atoms with Crippen LogP contribution in [0.15, 0.2) is 23.8 Å². The summed E-state index contributed by atoms with van der Waals surface area (Å²) in [6.45, 7) is 12.2. The lowest BCUT2D eigenvalue weighted by Gasteiger charge is -2.33. The van der Waals surface area contributed by atoms with Crippen LogP contribution >= 0.6 is 0 Å². The molecule has 1 atom stereocenters. The van der Waals surface area contributed by atoms with Crippen molar-refractivity contribution >= 4 is 5.97 Å². The largest absolute Gasteiger partial charge is 0.454 e. The zero-order valence-corrected chi connectivity index (χ0v) is 13.2. The van der Waals surface area contributed by atoms with E-state index in [-0.39, 0.29) is 11.4 Å². The molecule has 1 unspecified atom stereocenters. The minimum atomic E-state index is -0.542. The van der Waals surface area contributed by atoms with Gasteiger partial charge in [0.05, 0.1) is 5.41 Å². The highest BCUT2D eigenvalue weighted by Gasteiger charge is 2.36. The van der Waals surface area contributed by atoms with Crippen LogP contribution in [0.2, 0.25) is 0 Å². The topological polar surface area (TPSA) is 26.3 Å². The lowest BCUT2D eigenvalue weighted by atomic mass is 9.84. The van der Waals surface area contributed by atoms with Crippen LogP contribution in [0.4, 0.5) is 0 Å². The Kier molecular flexibility index (Phi) is 5.00. The van der Waals surface area contributed by atoms with Gasteiger partial charge in [0.1, 0.15) is 5.60 Å². The van der Waals surface area contributed by atoms with E-state index in [1.165, 1.54) is 0 Å². The summed E-state index contributed by atoms with van der Waals surface area (Å²) in [5, 5.41) is 0. The van der Waals surface area contributed by atoms with E-state index in [0.29, 0.717) is 5.92 Å². The second-order valence-electron chi connectivity index (χ2n) is 6.40. The van der Waals surface area contributed by atoms with Crippen LogP contribution in [0.1, 0.15) is 60.8 Å². The zero-order chi connectivity index (χ0) is 14.7. The summed E-state index contributed by atoms with van der Waals surface area (Å²) in [6.07, 6.45) is 9.11. The number of rotatable bonds is 5. The number of allylic oxidation sites excluding steroid dienone is 2. The second kappa shape index (κ2) is 5.94. The van der Waals surface area contributed by atoms with Crippen molar-refractivity contribution in [2.45, 2.75) is 66.4 Å². The van der Waals surface area contributed by atoms with Crippen LogP contribution in [0.5, 0.6) is 0 Å². The molecule has 0 radical (unpaired) electrons. The van der Waals surface area contributed by atoms with E-state index in [4.69, 9.17) is 4.74 Å². The first-order valence-corrected chi connectivity index (χ1v) is 7.37. The molecule has 0 N–H and O–H groups in total. The quantitative estimate of drug-likeness (QED) is 0.675.